The summed E-state index contributed by atoms with van der Waals surface area (Å²) in [4.78, 5) is 27.7. The highest BCUT2D eigenvalue weighted by atomic mass is 16.5. The van der Waals surface area contributed by atoms with Crippen LogP contribution in [0.2, 0.25) is 0 Å². The van der Waals surface area contributed by atoms with Crippen LogP contribution in [0.3, 0.4) is 0 Å². The number of allylic oxidation sites excluding steroid dienone is 1. The topological polar surface area (TPSA) is 58.6 Å². The third kappa shape index (κ3) is 3.60. The molecule has 4 rings (SSSR count). The van der Waals surface area contributed by atoms with Crippen LogP contribution in [-0.4, -0.2) is 43.5 Å². The molecular weight excluding hydrogens is 340 g/mol. The molecule has 5 heteroatoms. The van der Waals surface area contributed by atoms with Crippen molar-refractivity contribution in [1.29, 1.82) is 0 Å². The number of nitrogens with one attached hydrogen (secondary N) is 1. The third-order valence-electron chi connectivity index (χ3n) is 6.19. The van der Waals surface area contributed by atoms with Gasteiger partial charge in [0, 0.05) is 25.2 Å². The largest absolute Gasteiger partial charge is 0.497 e. The minimum absolute atomic E-state index is 0.0680. The van der Waals surface area contributed by atoms with E-state index in [9.17, 15) is 9.59 Å². The van der Waals surface area contributed by atoms with E-state index in [4.69, 9.17) is 4.74 Å². The maximum Gasteiger partial charge on any atom is 0.248 e. The van der Waals surface area contributed by atoms with Crippen LogP contribution in [0.4, 0.5) is 0 Å². The third-order valence-corrected chi connectivity index (χ3v) is 6.19. The molecule has 1 N–H and O–H groups in total. The van der Waals surface area contributed by atoms with Crippen LogP contribution < -0.4 is 10.1 Å². The second-order valence-corrected chi connectivity index (χ2v) is 7.81. The van der Waals surface area contributed by atoms with Crippen LogP contribution in [-0.2, 0) is 16.0 Å². The fraction of sp³-hybridized carbons (Fsp3) is 0.545. The van der Waals surface area contributed by atoms with Gasteiger partial charge in [-0.25, -0.2) is 0 Å². The Hall–Kier alpha value is -2.30. The fourth-order valence-corrected chi connectivity index (χ4v) is 4.73. The van der Waals surface area contributed by atoms with Crippen molar-refractivity contribution in [2.45, 2.75) is 44.9 Å². The highest BCUT2D eigenvalue weighted by Crippen LogP contribution is 2.42. The van der Waals surface area contributed by atoms with Crippen LogP contribution in [0.5, 0.6) is 5.75 Å². The van der Waals surface area contributed by atoms with Crippen molar-refractivity contribution in [3.8, 4) is 5.75 Å². The molecule has 1 aromatic rings. The number of amides is 2. The lowest BCUT2D eigenvalue weighted by Crippen LogP contribution is -2.37. The first kappa shape index (κ1) is 18.1. The van der Waals surface area contributed by atoms with Gasteiger partial charge in [-0.1, -0.05) is 6.07 Å². The van der Waals surface area contributed by atoms with E-state index in [0.29, 0.717) is 18.0 Å². The molecule has 1 fully saturated rings. The number of carbonyl (C=O) groups is 2. The van der Waals surface area contributed by atoms with E-state index >= 15 is 0 Å². The van der Waals surface area contributed by atoms with E-state index in [1.54, 1.807) is 7.11 Å². The van der Waals surface area contributed by atoms with Gasteiger partial charge in [0.25, 0.3) is 0 Å². The van der Waals surface area contributed by atoms with Crippen molar-refractivity contribution < 1.29 is 14.3 Å². The quantitative estimate of drug-likeness (QED) is 0.892. The highest BCUT2D eigenvalue weighted by Gasteiger charge is 2.33. The minimum Gasteiger partial charge on any atom is -0.497 e. The van der Waals surface area contributed by atoms with Crippen LogP contribution in [0.15, 0.2) is 23.8 Å². The molecule has 0 radical (unpaired) electrons. The zero-order chi connectivity index (χ0) is 18.8. The first-order chi connectivity index (χ1) is 13.2. The molecule has 2 aliphatic heterocycles. The van der Waals surface area contributed by atoms with Crippen LogP contribution >= 0.6 is 0 Å². The summed E-state index contributed by atoms with van der Waals surface area (Å²) in [5, 5.41) is 3.02. The molecule has 2 heterocycles. The van der Waals surface area contributed by atoms with Crippen molar-refractivity contribution in [1.82, 2.24) is 10.2 Å². The monoisotopic (exact) mass is 368 g/mol. The molecule has 1 saturated heterocycles. The van der Waals surface area contributed by atoms with Gasteiger partial charge >= 0.3 is 0 Å². The van der Waals surface area contributed by atoms with Crippen molar-refractivity contribution in [2.75, 3.05) is 26.7 Å². The van der Waals surface area contributed by atoms with E-state index in [1.165, 1.54) is 12.0 Å². The molecule has 0 aromatic heterocycles. The summed E-state index contributed by atoms with van der Waals surface area (Å²) in [6.07, 6.45) is 6.48. The number of fused-ring (bicyclic) bond motifs is 3. The number of likely N-dealkylation sites (tertiary alicyclic amines) is 1. The Bertz CT molecular complexity index is 778. The SMILES string of the molecule is COc1ccc2c(c1)CCC1CCNC(=O)C(CC(=O)N3CCCCC3)=C21. The Morgan fingerprint density at radius 2 is 2.04 bits per heavy atom. The maximum atomic E-state index is 12.9. The molecule has 5 nitrogen and oxygen atoms in total. The van der Waals surface area contributed by atoms with Gasteiger partial charge in [0.05, 0.1) is 13.5 Å². The summed E-state index contributed by atoms with van der Waals surface area (Å²) in [6.45, 7) is 2.32. The average molecular weight is 368 g/mol. The van der Waals surface area contributed by atoms with Gasteiger partial charge in [-0.3, -0.25) is 9.59 Å². The molecule has 144 valence electrons. The number of benzene rings is 1. The Labute approximate surface area is 160 Å². The summed E-state index contributed by atoms with van der Waals surface area (Å²) in [5.74, 6) is 1.21. The van der Waals surface area contributed by atoms with E-state index in [2.05, 4.69) is 17.4 Å². The molecule has 2 amide bonds. The van der Waals surface area contributed by atoms with Gasteiger partial charge in [0.1, 0.15) is 5.75 Å². The van der Waals surface area contributed by atoms with E-state index < -0.39 is 0 Å². The molecule has 1 atom stereocenters. The fourth-order valence-electron chi connectivity index (χ4n) is 4.73. The molecule has 27 heavy (non-hydrogen) atoms. The first-order valence-corrected chi connectivity index (χ1v) is 10.1. The minimum atomic E-state index is -0.0680. The van der Waals surface area contributed by atoms with Gasteiger partial charge in [0.15, 0.2) is 0 Å². The number of nitrogens with zero attached hydrogens (tertiary/aromatic N) is 1. The number of piperidine rings is 1. The standard InChI is InChI=1S/C22H28N2O3/c1-27-17-7-8-18-16(13-17)6-5-15-9-10-23-22(26)19(21(15)18)14-20(25)24-11-3-2-4-12-24/h7-8,13,15H,2-6,9-12,14H2,1H3,(H,23,26). The molecule has 0 spiro atoms. The summed E-state index contributed by atoms with van der Waals surface area (Å²) < 4.78 is 5.38. The lowest BCUT2D eigenvalue weighted by Gasteiger charge is -2.30. The summed E-state index contributed by atoms with van der Waals surface area (Å²) in [7, 11) is 1.68. The lowest BCUT2D eigenvalue weighted by atomic mass is 9.75. The summed E-state index contributed by atoms with van der Waals surface area (Å²) in [5.41, 5.74) is 4.13. The van der Waals surface area contributed by atoms with Crippen LogP contribution in [0.25, 0.3) is 5.57 Å². The maximum absolute atomic E-state index is 12.9. The lowest BCUT2D eigenvalue weighted by molar-refractivity contribution is -0.132. The molecule has 1 aromatic carbocycles. The molecular formula is C22H28N2O3. The van der Waals surface area contributed by atoms with Gasteiger partial charge in [-0.2, -0.15) is 0 Å². The predicted molar refractivity (Wildman–Crippen MR) is 104 cm³/mol. The number of hydrogen-bond acceptors (Lipinski definition) is 3. The number of carbonyl (C=O) groups excluding carboxylic acids is 2. The van der Waals surface area contributed by atoms with Crippen molar-refractivity contribution in [3.63, 3.8) is 0 Å². The van der Waals surface area contributed by atoms with E-state index in [0.717, 1.165) is 62.1 Å². The van der Waals surface area contributed by atoms with Gasteiger partial charge in [-0.15, -0.1) is 0 Å². The molecule has 3 aliphatic rings. The Morgan fingerprint density at radius 3 is 2.81 bits per heavy atom. The van der Waals surface area contributed by atoms with Crippen LogP contribution in [0, 0.1) is 5.92 Å². The number of hydrogen-bond donors (Lipinski definition) is 1. The van der Waals surface area contributed by atoms with E-state index in [1.807, 2.05) is 11.0 Å². The molecule has 0 bridgehead atoms. The van der Waals surface area contributed by atoms with Gasteiger partial charge < -0.3 is 15.0 Å². The molecule has 1 unspecified atom stereocenters. The number of ether oxygens (including phenoxy) is 1. The van der Waals surface area contributed by atoms with E-state index in [-0.39, 0.29) is 18.2 Å². The second kappa shape index (κ2) is 7.75. The molecule has 1 aliphatic carbocycles. The Kier molecular flexibility index (Phi) is 5.19. The predicted octanol–water partition coefficient (Wildman–Crippen LogP) is 2.93. The number of rotatable bonds is 3. The van der Waals surface area contributed by atoms with Gasteiger partial charge in [-0.05, 0) is 73.3 Å². The number of methoxy groups -OCH3 is 1. The Balaban J connectivity index is 1.72. The van der Waals surface area contributed by atoms with Crippen LogP contribution in [0.1, 0.15) is 49.7 Å². The van der Waals surface area contributed by atoms with Crippen molar-refractivity contribution in [2.24, 2.45) is 5.92 Å². The van der Waals surface area contributed by atoms with Gasteiger partial charge in [0.2, 0.25) is 11.8 Å². The van der Waals surface area contributed by atoms with Crippen molar-refractivity contribution in [3.05, 3.63) is 34.9 Å². The van der Waals surface area contributed by atoms with Crippen molar-refractivity contribution >= 4 is 17.4 Å². The summed E-state index contributed by atoms with van der Waals surface area (Å²) in [6, 6.07) is 6.10. The highest BCUT2D eigenvalue weighted by molar-refractivity contribution is 6.06. The zero-order valence-electron chi connectivity index (χ0n) is 16.1. The molecule has 0 saturated carbocycles. The smallest absolute Gasteiger partial charge is 0.248 e. The first-order valence-electron chi connectivity index (χ1n) is 10.1. The zero-order valence-corrected chi connectivity index (χ0v) is 16.1. The Morgan fingerprint density at radius 1 is 1.22 bits per heavy atom. The number of aryl methyl sites for hydroxylation is 1. The normalized spacial score (nSPS) is 22.5. The second-order valence-electron chi connectivity index (χ2n) is 7.81. The summed E-state index contributed by atoms with van der Waals surface area (Å²) >= 11 is 0. The average Bonchev–Trinajstić information content (AvgIpc) is 2.87.